The van der Waals surface area contributed by atoms with Gasteiger partial charge in [0.15, 0.2) is 0 Å². The summed E-state index contributed by atoms with van der Waals surface area (Å²) in [6.07, 6.45) is 5.67. The van der Waals surface area contributed by atoms with Crippen molar-refractivity contribution in [1.82, 2.24) is 14.7 Å². The van der Waals surface area contributed by atoms with Crippen LogP contribution in [0.3, 0.4) is 0 Å². The molecule has 0 amide bonds. The molecule has 1 aromatic heterocycles. The van der Waals surface area contributed by atoms with Gasteiger partial charge in [-0.25, -0.2) is 0 Å². The minimum absolute atomic E-state index is 0.733. The molecule has 2 N–H and O–H groups in total. The number of likely N-dealkylation sites (N-methyl/N-ethyl adjacent to an activating group) is 1. The lowest BCUT2D eigenvalue weighted by Gasteiger charge is -2.15. The van der Waals surface area contributed by atoms with E-state index in [0.29, 0.717) is 0 Å². The second-order valence-corrected chi connectivity index (χ2v) is 4.32. The monoisotopic (exact) mass is 214 g/mol. The maximum atomic E-state index is 5.56. The minimum Gasteiger partial charge on any atom is -0.396 e. The van der Waals surface area contributed by atoms with Crippen LogP contribution in [0.15, 0.2) is 12.4 Å². The highest BCUT2D eigenvalue weighted by Crippen LogP contribution is 1.98. The molecule has 0 aliphatic rings. The van der Waals surface area contributed by atoms with Crippen molar-refractivity contribution in [2.75, 3.05) is 37.9 Å². The quantitative estimate of drug-likeness (QED) is 0.759. The van der Waals surface area contributed by atoms with Crippen LogP contribution in [0.5, 0.6) is 0 Å². The van der Waals surface area contributed by atoms with E-state index >= 15 is 0 Å². The highest BCUT2D eigenvalue weighted by molar-refractivity contribution is 7.98. The third kappa shape index (κ3) is 4.02. The summed E-state index contributed by atoms with van der Waals surface area (Å²) in [5, 5.41) is 4.13. The summed E-state index contributed by atoms with van der Waals surface area (Å²) < 4.78 is 1.88. The first-order valence-corrected chi connectivity index (χ1v) is 6.07. The van der Waals surface area contributed by atoms with Crippen molar-refractivity contribution in [3.63, 3.8) is 0 Å². The molecule has 0 unspecified atom stereocenters. The van der Waals surface area contributed by atoms with Crippen molar-refractivity contribution in [3.8, 4) is 0 Å². The Balaban J connectivity index is 2.20. The maximum absolute atomic E-state index is 5.56. The Bertz CT molecular complexity index is 261. The highest BCUT2D eigenvalue weighted by Gasteiger charge is 1.99. The fourth-order valence-electron chi connectivity index (χ4n) is 1.13. The van der Waals surface area contributed by atoms with E-state index in [0.717, 1.165) is 25.3 Å². The smallest absolute Gasteiger partial charge is 0.0719 e. The predicted molar refractivity (Wildman–Crippen MR) is 62.5 cm³/mol. The van der Waals surface area contributed by atoms with Crippen LogP contribution in [-0.2, 0) is 6.54 Å². The van der Waals surface area contributed by atoms with Crippen molar-refractivity contribution in [1.29, 1.82) is 0 Å². The van der Waals surface area contributed by atoms with Crippen molar-refractivity contribution < 1.29 is 0 Å². The van der Waals surface area contributed by atoms with Gasteiger partial charge in [-0.1, -0.05) is 0 Å². The van der Waals surface area contributed by atoms with E-state index in [2.05, 4.69) is 23.3 Å². The molecule has 0 saturated heterocycles. The summed E-state index contributed by atoms with van der Waals surface area (Å²) in [7, 11) is 2.13. The van der Waals surface area contributed by atoms with E-state index in [1.807, 2.05) is 22.6 Å². The third-order valence-electron chi connectivity index (χ3n) is 2.04. The zero-order valence-corrected chi connectivity index (χ0v) is 9.63. The molecule has 0 aromatic carbocycles. The number of aromatic nitrogens is 2. The van der Waals surface area contributed by atoms with Gasteiger partial charge in [0, 0.05) is 25.0 Å². The van der Waals surface area contributed by atoms with Crippen LogP contribution in [0, 0.1) is 0 Å². The zero-order chi connectivity index (χ0) is 10.4. The Morgan fingerprint density at radius 3 is 2.93 bits per heavy atom. The van der Waals surface area contributed by atoms with E-state index in [1.165, 1.54) is 5.75 Å². The van der Waals surface area contributed by atoms with Crippen molar-refractivity contribution in [2.24, 2.45) is 0 Å². The lowest BCUT2D eigenvalue weighted by Crippen LogP contribution is -2.25. The molecule has 0 aliphatic carbocycles. The van der Waals surface area contributed by atoms with Crippen molar-refractivity contribution in [3.05, 3.63) is 12.4 Å². The zero-order valence-electron chi connectivity index (χ0n) is 8.81. The molecular weight excluding hydrogens is 196 g/mol. The minimum atomic E-state index is 0.733. The number of anilines is 1. The van der Waals surface area contributed by atoms with Crippen molar-refractivity contribution >= 4 is 17.4 Å². The number of hydrogen-bond donors (Lipinski definition) is 1. The van der Waals surface area contributed by atoms with Crippen LogP contribution in [0.25, 0.3) is 0 Å². The van der Waals surface area contributed by atoms with E-state index < -0.39 is 0 Å². The Morgan fingerprint density at radius 2 is 2.36 bits per heavy atom. The highest BCUT2D eigenvalue weighted by atomic mass is 32.2. The molecule has 1 heterocycles. The normalized spacial score (nSPS) is 11.1. The lowest BCUT2D eigenvalue weighted by molar-refractivity contribution is 0.330. The van der Waals surface area contributed by atoms with E-state index in [4.69, 9.17) is 5.73 Å². The fourth-order valence-corrected chi connectivity index (χ4v) is 1.63. The van der Waals surface area contributed by atoms with Gasteiger partial charge >= 0.3 is 0 Å². The van der Waals surface area contributed by atoms with Gasteiger partial charge in [-0.05, 0) is 13.3 Å². The van der Waals surface area contributed by atoms with Gasteiger partial charge in [0.1, 0.15) is 0 Å². The Kier molecular flexibility index (Phi) is 4.82. The van der Waals surface area contributed by atoms with E-state index in [-0.39, 0.29) is 0 Å². The summed E-state index contributed by atoms with van der Waals surface area (Å²) in [6.45, 7) is 3.04. The van der Waals surface area contributed by atoms with Crippen LogP contribution >= 0.6 is 11.8 Å². The molecule has 1 rings (SSSR count). The summed E-state index contributed by atoms with van der Waals surface area (Å²) in [4.78, 5) is 2.30. The topological polar surface area (TPSA) is 47.1 Å². The van der Waals surface area contributed by atoms with Crippen molar-refractivity contribution in [2.45, 2.75) is 6.54 Å². The molecule has 0 saturated carbocycles. The SMILES string of the molecule is CSCCN(C)CCn1cc(N)cn1. The molecule has 0 aliphatic heterocycles. The van der Waals surface area contributed by atoms with Crippen LogP contribution in [0.1, 0.15) is 0 Å². The second kappa shape index (κ2) is 5.93. The Morgan fingerprint density at radius 1 is 1.57 bits per heavy atom. The fraction of sp³-hybridized carbons (Fsp3) is 0.667. The standard InChI is InChI=1S/C9H18N4S/c1-12(5-6-14-2)3-4-13-8-9(10)7-11-13/h7-8H,3-6,10H2,1-2H3. The Labute approximate surface area is 89.5 Å². The van der Waals surface area contributed by atoms with Crippen LogP contribution < -0.4 is 5.73 Å². The van der Waals surface area contributed by atoms with Gasteiger partial charge in [0.2, 0.25) is 0 Å². The first kappa shape index (κ1) is 11.4. The lowest BCUT2D eigenvalue weighted by atomic mass is 10.5. The molecule has 5 heteroatoms. The summed E-state index contributed by atoms with van der Waals surface area (Å²) in [5.41, 5.74) is 6.30. The molecule has 80 valence electrons. The van der Waals surface area contributed by atoms with Crippen LogP contribution in [0.4, 0.5) is 5.69 Å². The first-order valence-electron chi connectivity index (χ1n) is 4.68. The summed E-state index contributed by atoms with van der Waals surface area (Å²) in [5.74, 6) is 1.18. The third-order valence-corrected chi connectivity index (χ3v) is 2.63. The van der Waals surface area contributed by atoms with Gasteiger partial charge < -0.3 is 10.6 Å². The van der Waals surface area contributed by atoms with Crippen LogP contribution in [-0.4, -0.2) is 46.8 Å². The number of hydrogen-bond acceptors (Lipinski definition) is 4. The first-order chi connectivity index (χ1) is 6.72. The molecule has 14 heavy (non-hydrogen) atoms. The largest absolute Gasteiger partial charge is 0.396 e. The predicted octanol–water partition coefficient (Wildman–Crippen LogP) is 0.760. The van der Waals surface area contributed by atoms with Gasteiger partial charge in [-0.2, -0.15) is 16.9 Å². The number of nitrogen functional groups attached to an aromatic ring is 1. The van der Waals surface area contributed by atoms with Gasteiger partial charge in [0.05, 0.1) is 18.4 Å². The summed E-state index contributed by atoms with van der Waals surface area (Å²) >= 11 is 1.87. The number of nitrogens with zero attached hydrogens (tertiary/aromatic N) is 3. The summed E-state index contributed by atoms with van der Waals surface area (Å²) in [6, 6.07) is 0. The second-order valence-electron chi connectivity index (χ2n) is 3.33. The molecule has 0 fully saturated rings. The van der Waals surface area contributed by atoms with Gasteiger partial charge in [-0.3, -0.25) is 4.68 Å². The molecule has 0 atom stereocenters. The molecule has 0 bridgehead atoms. The molecule has 0 radical (unpaired) electrons. The number of rotatable bonds is 6. The molecular formula is C9H18N4S. The number of thioether (sulfide) groups is 1. The van der Waals surface area contributed by atoms with E-state index in [9.17, 15) is 0 Å². The molecule has 0 spiro atoms. The van der Waals surface area contributed by atoms with E-state index in [1.54, 1.807) is 6.20 Å². The number of nitrogens with two attached hydrogens (primary N) is 1. The average molecular weight is 214 g/mol. The van der Waals surface area contributed by atoms with Gasteiger partial charge in [0.25, 0.3) is 0 Å². The van der Waals surface area contributed by atoms with Crippen LogP contribution in [0.2, 0.25) is 0 Å². The Hall–Kier alpha value is -0.680. The molecule has 4 nitrogen and oxygen atoms in total. The average Bonchev–Trinajstić information content (AvgIpc) is 2.58. The maximum Gasteiger partial charge on any atom is 0.0719 e. The van der Waals surface area contributed by atoms with Gasteiger partial charge in [-0.15, -0.1) is 0 Å². The molecule has 1 aromatic rings.